The number of nitrogens with zero attached hydrogens (tertiary/aromatic N) is 3. The normalized spacial score (nSPS) is 33.8. The van der Waals surface area contributed by atoms with Gasteiger partial charge in [-0.1, -0.05) is 27.6 Å². The zero-order chi connectivity index (χ0) is 10.3. The molecule has 3 rings (SSSR count). The van der Waals surface area contributed by atoms with Crippen molar-refractivity contribution in [1.82, 2.24) is 15.0 Å². The number of aromatic nitrogens is 3. The summed E-state index contributed by atoms with van der Waals surface area (Å²) in [6.07, 6.45) is 8.75. The highest BCUT2D eigenvalue weighted by Gasteiger charge is 2.40. The molecular weight excluding hydrogens is 254 g/mol. The van der Waals surface area contributed by atoms with Crippen LogP contribution in [0.5, 0.6) is 0 Å². The fraction of sp³-hybridized carbons (Fsp3) is 0.818. The van der Waals surface area contributed by atoms with E-state index in [1.807, 2.05) is 0 Å². The Morgan fingerprint density at radius 2 is 2.33 bits per heavy atom. The van der Waals surface area contributed by atoms with Crippen LogP contribution in [-0.4, -0.2) is 20.3 Å². The van der Waals surface area contributed by atoms with Crippen molar-refractivity contribution in [3.8, 4) is 0 Å². The summed E-state index contributed by atoms with van der Waals surface area (Å²) in [6.45, 7) is 0. The van der Waals surface area contributed by atoms with Crippen molar-refractivity contribution < 1.29 is 0 Å². The molecule has 3 unspecified atom stereocenters. The minimum absolute atomic E-state index is 0.653. The first kappa shape index (κ1) is 9.82. The molecule has 0 amide bonds. The predicted octanol–water partition coefficient (Wildman–Crippen LogP) is 2.58. The molecule has 0 aromatic carbocycles. The third-order valence-corrected chi connectivity index (χ3v) is 4.35. The summed E-state index contributed by atoms with van der Waals surface area (Å²) in [7, 11) is 0. The van der Waals surface area contributed by atoms with Crippen LogP contribution in [0.2, 0.25) is 0 Å². The Balaban J connectivity index is 1.75. The summed E-state index contributed by atoms with van der Waals surface area (Å²) in [5, 5.41) is 9.47. The molecule has 1 aromatic rings. The largest absolute Gasteiger partial charge is 0.249 e. The van der Waals surface area contributed by atoms with Crippen LogP contribution in [0.1, 0.15) is 37.4 Å². The van der Waals surface area contributed by atoms with E-state index in [9.17, 15) is 0 Å². The van der Waals surface area contributed by atoms with E-state index in [-0.39, 0.29) is 0 Å². The molecule has 4 heteroatoms. The minimum Gasteiger partial charge on any atom is -0.249 e. The number of alkyl halides is 1. The first-order chi connectivity index (χ1) is 7.36. The number of hydrogen-bond donors (Lipinski definition) is 0. The molecule has 0 aliphatic heterocycles. The highest BCUT2D eigenvalue weighted by molar-refractivity contribution is 9.09. The quantitative estimate of drug-likeness (QED) is 0.790. The smallest absolute Gasteiger partial charge is 0.0835 e. The fourth-order valence-corrected chi connectivity index (χ4v) is 3.63. The van der Waals surface area contributed by atoms with Gasteiger partial charge in [-0.3, -0.25) is 0 Å². The van der Waals surface area contributed by atoms with Gasteiger partial charge in [-0.05, 0) is 31.1 Å². The van der Waals surface area contributed by atoms with Crippen LogP contribution in [0.4, 0.5) is 0 Å². The molecule has 3 atom stereocenters. The first-order valence-electron chi connectivity index (χ1n) is 5.83. The summed E-state index contributed by atoms with van der Waals surface area (Å²) in [4.78, 5) is 0. The summed E-state index contributed by atoms with van der Waals surface area (Å²) in [5.74, 6) is 1.86. The van der Waals surface area contributed by atoms with E-state index >= 15 is 0 Å². The Hall–Kier alpha value is -0.380. The second kappa shape index (κ2) is 3.89. The molecule has 0 saturated heterocycles. The maximum absolute atomic E-state index is 4.28. The second-order valence-corrected chi connectivity index (χ2v) is 5.66. The van der Waals surface area contributed by atoms with Gasteiger partial charge in [0, 0.05) is 17.9 Å². The molecular formula is C11H16BrN3. The van der Waals surface area contributed by atoms with E-state index in [0.717, 1.165) is 29.3 Å². The third kappa shape index (κ3) is 1.73. The van der Waals surface area contributed by atoms with E-state index < -0.39 is 0 Å². The van der Waals surface area contributed by atoms with Crippen molar-refractivity contribution in [2.75, 3.05) is 5.33 Å². The Labute approximate surface area is 98.4 Å². The second-order valence-electron chi connectivity index (χ2n) is 4.87. The van der Waals surface area contributed by atoms with Crippen LogP contribution < -0.4 is 0 Å². The average Bonchev–Trinajstić information content (AvgIpc) is 2.91. The number of aryl methyl sites for hydroxylation is 1. The lowest BCUT2D eigenvalue weighted by Gasteiger charge is -2.21. The Kier molecular flexibility index (Phi) is 2.54. The topological polar surface area (TPSA) is 30.7 Å². The average molecular weight is 270 g/mol. The van der Waals surface area contributed by atoms with Crippen molar-refractivity contribution in [2.45, 2.75) is 38.1 Å². The lowest BCUT2D eigenvalue weighted by molar-refractivity contribution is 0.302. The van der Waals surface area contributed by atoms with Gasteiger partial charge < -0.3 is 0 Å². The Morgan fingerprint density at radius 1 is 1.40 bits per heavy atom. The molecule has 0 radical (unpaired) electrons. The summed E-state index contributed by atoms with van der Waals surface area (Å²) in [5.41, 5.74) is 1.12. The Morgan fingerprint density at radius 3 is 3.00 bits per heavy atom. The van der Waals surface area contributed by atoms with Gasteiger partial charge in [0.25, 0.3) is 0 Å². The minimum atomic E-state index is 0.653. The van der Waals surface area contributed by atoms with Gasteiger partial charge in [-0.2, -0.15) is 0 Å². The van der Waals surface area contributed by atoms with Crippen molar-refractivity contribution in [3.63, 3.8) is 0 Å². The Bertz CT molecular complexity index is 349. The van der Waals surface area contributed by atoms with Crippen LogP contribution >= 0.6 is 15.9 Å². The van der Waals surface area contributed by atoms with Gasteiger partial charge in [-0.15, -0.1) is 5.10 Å². The van der Waals surface area contributed by atoms with Gasteiger partial charge in [-0.25, -0.2) is 4.68 Å². The number of hydrogen-bond acceptors (Lipinski definition) is 2. The maximum atomic E-state index is 4.28. The van der Waals surface area contributed by atoms with E-state index in [0.29, 0.717) is 6.04 Å². The van der Waals surface area contributed by atoms with Gasteiger partial charge in [0.1, 0.15) is 0 Å². The molecule has 1 aromatic heterocycles. The number of halogens is 1. The SMILES string of the molecule is BrCCc1cn(C2CC3CCC2C3)nn1. The zero-order valence-electron chi connectivity index (χ0n) is 8.77. The standard InChI is InChI=1S/C11H16BrN3/c12-4-3-10-7-15(14-13-10)11-6-8-1-2-9(11)5-8/h7-9,11H,1-6H2. The summed E-state index contributed by atoms with van der Waals surface area (Å²) >= 11 is 3.43. The first-order valence-corrected chi connectivity index (χ1v) is 6.95. The molecule has 2 aliphatic carbocycles. The lowest BCUT2D eigenvalue weighted by atomic mass is 9.95. The van der Waals surface area contributed by atoms with E-state index in [2.05, 4.69) is 37.1 Å². The molecule has 2 aliphatic rings. The van der Waals surface area contributed by atoms with Crippen LogP contribution in [0.3, 0.4) is 0 Å². The van der Waals surface area contributed by atoms with Crippen molar-refractivity contribution in [2.24, 2.45) is 11.8 Å². The highest BCUT2D eigenvalue weighted by atomic mass is 79.9. The molecule has 3 nitrogen and oxygen atoms in total. The molecule has 1 heterocycles. The van der Waals surface area contributed by atoms with Gasteiger partial charge in [0.15, 0.2) is 0 Å². The van der Waals surface area contributed by atoms with E-state index in [1.165, 1.54) is 25.7 Å². The molecule has 15 heavy (non-hydrogen) atoms. The van der Waals surface area contributed by atoms with Crippen molar-refractivity contribution >= 4 is 15.9 Å². The molecule has 2 fully saturated rings. The van der Waals surface area contributed by atoms with Gasteiger partial charge in [0.05, 0.1) is 11.7 Å². The van der Waals surface area contributed by atoms with E-state index in [4.69, 9.17) is 0 Å². The molecule has 82 valence electrons. The molecule has 0 spiro atoms. The number of fused-ring (bicyclic) bond motifs is 2. The highest BCUT2D eigenvalue weighted by Crippen LogP contribution is 2.50. The summed E-state index contributed by atoms with van der Waals surface area (Å²) in [6, 6.07) is 0.653. The summed E-state index contributed by atoms with van der Waals surface area (Å²) < 4.78 is 2.13. The fourth-order valence-electron chi connectivity index (χ4n) is 3.22. The van der Waals surface area contributed by atoms with Crippen LogP contribution in [0.25, 0.3) is 0 Å². The zero-order valence-corrected chi connectivity index (χ0v) is 10.4. The third-order valence-electron chi connectivity index (χ3n) is 3.95. The van der Waals surface area contributed by atoms with Crippen LogP contribution in [0, 0.1) is 11.8 Å². The monoisotopic (exact) mass is 269 g/mol. The van der Waals surface area contributed by atoms with Crippen LogP contribution in [0.15, 0.2) is 6.20 Å². The van der Waals surface area contributed by atoms with Crippen molar-refractivity contribution in [1.29, 1.82) is 0 Å². The number of rotatable bonds is 3. The predicted molar refractivity (Wildman–Crippen MR) is 62.0 cm³/mol. The van der Waals surface area contributed by atoms with Gasteiger partial charge in [0.2, 0.25) is 0 Å². The molecule has 2 bridgehead atoms. The lowest BCUT2D eigenvalue weighted by Crippen LogP contribution is -2.16. The maximum Gasteiger partial charge on any atom is 0.0835 e. The van der Waals surface area contributed by atoms with E-state index in [1.54, 1.807) is 0 Å². The van der Waals surface area contributed by atoms with Crippen LogP contribution in [-0.2, 0) is 6.42 Å². The van der Waals surface area contributed by atoms with Crippen molar-refractivity contribution in [3.05, 3.63) is 11.9 Å². The van der Waals surface area contributed by atoms with Gasteiger partial charge >= 0.3 is 0 Å². The molecule has 0 N–H and O–H groups in total. The molecule has 2 saturated carbocycles.